The zero-order valence-corrected chi connectivity index (χ0v) is 15.6. The molecule has 2 aromatic carbocycles. The van der Waals surface area contributed by atoms with Crippen molar-refractivity contribution in [3.8, 4) is 5.69 Å². The Balaban J connectivity index is 1.58. The maximum atomic E-state index is 12.5. The van der Waals surface area contributed by atoms with Crippen LogP contribution in [0.1, 0.15) is 12.7 Å². The van der Waals surface area contributed by atoms with Gasteiger partial charge < -0.3 is 9.73 Å². The number of carbonyl (C=O) groups is 1. The van der Waals surface area contributed by atoms with E-state index in [1.807, 2.05) is 73.7 Å². The van der Waals surface area contributed by atoms with Gasteiger partial charge in [-0.2, -0.15) is 0 Å². The van der Waals surface area contributed by atoms with Crippen LogP contribution in [0.15, 0.2) is 82.6 Å². The van der Waals surface area contributed by atoms with E-state index in [0.29, 0.717) is 6.54 Å². The molecule has 0 spiro atoms. The Morgan fingerprint density at radius 2 is 1.89 bits per heavy atom. The molecule has 4 aromatic rings. The highest BCUT2D eigenvalue weighted by atomic mass is 32.2. The monoisotopic (exact) mass is 377 g/mol. The van der Waals surface area contributed by atoms with Gasteiger partial charge in [-0.05, 0) is 43.3 Å². The zero-order valence-electron chi connectivity index (χ0n) is 14.8. The van der Waals surface area contributed by atoms with Crippen LogP contribution in [0.4, 0.5) is 0 Å². The van der Waals surface area contributed by atoms with Crippen LogP contribution < -0.4 is 5.32 Å². The summed E-state index contributed by atoms with van der Waals surface area (Å²) in [5.74, 6) is 0.681. The third-order valence-corrected chi connectivity index (χ3v) is 5.27. The van der Waals surface area contributed by atoms with Crippen LogP contribution in [0.5, 0.6) is 0 Å². The molecule has 0 aliphatic rings. The fraction of sp³-hybridized carbons (Fsp3) is 0.143. The van der Waals surface area contributed by atoms with Crippen molar-refractivity contribution in [3.63, 3.8) is 0 Å². The fourth-order valence-electron chi connectivity index (χ4n) is 2.85. The first-order valence-corrected chi connectivity index (χ1v) is 9.60. The molecule has 0 saturated heterocycles. The average molecular weight is 377 g/mol. The number of rotatable bonds is 6. The summed E-state index contributed by atoms with van der Waals surface area (Å²) >= 11 is 1.45. The summed E-state index contributed by atoms with van der Waals surface area (Å²) in [6.07, 6.45) is 1.60. The second-order valence-corrected chi connectivity index (χ2v) is 7.42. The maximum absolute atomic E-state index is 12.5. The number of fused-ring (bicyclic) bond motifs is 1. The quantitative estimate of drug-likeness (QED) is 0.506. The Morgan fingerprint density at radius 3 is 2.67 bits per heavy atom. The van der Waals surface area contributed by atoms with Crippen molar-refractivity contribution < 1.29 is 9.21 Å². The van der Waals surface area contributed by atoms with Crippen molar-refractivity contribution in [2.75, 3.05) is 0 Å². The van der Waals surface area contributed by atoms with Crippen LogP contribution in [-0.2, 0) is 11.3 Å². The third kappa shape index (κ3) is 3.75. The van der Waals surface area contributed by atoms with Crippen molar-refractivity contribution in [1.82, 2.24) is 14.9 Å². The number of carbonyl (C=O) groups excluding carboxylic acids is 1. The molecule has 0 fully saturated rings. The predicted octanol–water partition coefficient (Wildman–Crippen LogP) is 4.42. The minimum atomic E-state index is -0.292. The van der Waals surface area contributed by atoms with Crippen LogP contribution in [0.3, 0.4) is 0 Å². The smallest absolute Gasteiger partial charge is 0.233 e. The maximum Gasteiger partial charge on any atom is 0.233 e. The van der Waals surface area contributed by atoms with Gasteiger partial charge in [0.25, 0.3) is 0 Å². The molecule has 2 heterocycles. The molecule has 0 saturated carbocycles. The van der Waals surface area contributed by atoms with Crippen LogP contribution in [0.25, 0.3) is 16.7 Å². The SMILES string of the molecule is CC(Sc1nc2ccccc2n1-c1ccccc1)C(=O)NCc1ccco1. The molecule has 136 valence electrons. The van der Waals surface area contributed by atoms with Gasteiger partial charge in [-0.15, -0.1) is 0 Å². The van der Waals surface area contributed by atoms with Gasteiger partial charge >= 0.3 is 0 Å². The Morgan fingerprint density at radius 1 is 1.11 bits per heavy atom. The number of hydrogen-bond donors (Lipinski definition) is 1. The van der Waals surface area contributed by atoms with Gasteiger partial charge in [0, 0.05) is 5.69 Å². The van der Waals surface area contributed by atoms with Gasteiger partial charge in [0.05, 0.1) is 29.1 Å². The number of furan rings is 1. The van der Waals surface area contributed by atoms with E-state index in [0.717, 1.165) is 27.6 Å². The molecule has 6 heteroatoms. The summed E-state index contributed by atoms with van der Waals surface area (Å²) < 4.78 is 7.35. The Labute approximate surface area is 161 Å². The van der Waals surface area contributed by atoms with Crippen molar-refractivity contribution in [2.24, 2.45) is 0 Å². The minimum absolute atomic E-state index is 0.0527. The molecule has 1 N–H and O–H groups in total. The first kappa shape index (κ1) is 17.4. The van der Waals surface area contributed by atoms with Crippen molar-refractivity contribution in [2.45, 2.75) is 23.9 Å². The summed E-state index contributed by atoms with van der Waals surface area (Å²) in [5, 5.41) is 3.41. The lowest BCUT2D eigenvalue weighted by Gasteiger charge is -2.13. The Bertz CT molecular complexity index is 1040. The number of amides is 1. The normalized spacial score (nSPS) is 12.2. The molecule has 4 rings (SSSR count). The number of hydrogen-bond acceptors (Lipinski definition) is 4. The zero-order chi connectivity index (χ0) is 18.6. The summed E-state index contributed by atoms with van der Waals surface area (Å²) in [4.78, 5) is 17.2. The van der Waals surface area contributed by atoms with Gasteiger partial charge in [0.1, 0.15) is 5.76 Å². The number of nitrogens with zero attached hydrogens (tertiary/aromatic N) is 2. The topological polar surface area (TPSA) is 60.1 Å². The molecule has 1 atom stereocenters. The molecule has 1 unspecified atom stereocenters. The number of imidazole rings is 1. The number of para-hydroxylation sites is 3. The highest BCUT2D eigenvalue weighted by Crippen LogP contribution is 2.30. The molecular weight excluding hydrogens is 358 g/mol. The highest BCUT2D eigenvalue weighted by molar-refractivity contribution is 8.00. The summed E-state index contributed by atoms with van der Waals surface area (Å²) in [7, 11) is 0. The Hall–Kier alpha value is -2.99. The van der Waals surface area contributed by atoms with Crippen LogP contribution in [0, 0.1) is 0 Å². The molecule has 1 amide bonds. The van der Waals surface area contributed by atoms with Gasteiger partial charge in [-0.25, -0.2) is 4.98 Å². The predicted molar refractivity (Wildman–Crippen MR) is 107 cm³/mol. The molecule has 0 aliphatic carbocycles. The van der Waals surface area contributed by atoms with E-state index in [4.69, 9.17) is 9.40 Å². The van der Waals surface area contributed by atoms with E-state index in [9.17, 15) is 4.79 Å². The molecular formula is C21H19N3O2S. The van der Waals surface area contributed by atoms with Crippen molar-refractivity contribution in [1.29, 1.82) is 0 Å². The lowest BCUT2D eigenvalue weighted by molar-refractivity contribution is -0.120. The number of nitrogens with one attached hydrogen (secondary N) is 1. The molecule has 0 radical (unpaired) electrons. The van der Waals surface area contributed by atoms with Gasteiger partial charge in [-0.1, -0.05) is 42.1 Å². The number of aromatic nitrogens is 2. The Kier molecular flexibility index (Phi) is 4.98. The standard InChI is InChI=1S/C21H19N3O2S/c1-15(20(25)22-14-17-10-7-13-26-17)27-21-23-18-11-5-6-12-19(18)24(21)16-8-3-2-4-9-16/h2-13,15H,14H2,1H3,(H,22,25). The van der Waals surface area contributed by atoms with Crippen LogP contribution in [-0.4, -0.2) is 20.7 Å². The third-order valence-electron chi connectivity index (χ3n) is 4.21. The molecule has 0 aliphatic heterocycles. The first-order valence-electron chi connectivity index (χ1n) is 8.72. The van der Waals surface area contributed by atoms with Gasteiger partial charge in [0.15, 0.2) is 5.16 Å². The number of thioether (sulfide) groups is 1. The van der Waals surface area contributed by atoms with E-state index in [1.165, 1.54) is 11.8 Å². The van der Waals surface area contributed by atoms with Crippen molar-refractivity contribution in [3.05, 3.63) is 78.8 Å². The number of benzene rings is 2. The van der Waals surface area contributed by atoms with Crippen LogP contribution >= 0.6 is 11.8 Å². The highest BCUT2D eigenvalue weighted by Gasteiger charge is 2.20. The molecule has 2 aromatic heterocycles. The summed E-state index contributed by atoms with van der Waals surface area (Å²) in [6, 6.07) is 21.7. The van der Waals surface area contributed by atoms with Crippen molar-refractivity contribution >= 4 is 28.7 Å². The molecule has 27 heavy (non-hydrogen) atoms. The largest absolute Gasteiger partial charge is 0.467 e. The fourth-order valence-corrected chi connectivity index (χ4v) is 3.82. The lowest BCUT2D eigenvalue weighted by Crippen LogP contribution is -2.30. The second kappa shape index (κ2) is 7.72. The van der Waals surface area contributed by atoms with Crippen LogP contribution in [0.2, 0.25) is 0 Å². The van der Waals surface area contributed by atoms with E-state index < -0.39 is 0 Å². The molecule has 0 bridgehead atoms. The van der Waals surface area contributed by atoms with E-state index in [2.05, 4.69) is 9.88 Å². The van der Waals surface area contributed by atoms with Gasteiger partial charge in [-0.3, -0.25) is 9.36 Å². The first-order chi connectivity index (χ1) is 13.2. The van der Waals surface area contributed by atoms with E-state index in [1.54, 1.807) is 6.26 Å². The van der Waals surface area contributed by atoms with Gasteiger partial charge in [0.2, 0.25) is 5.91 Å². The van der Waals surface area contributed by atoms with E-state index >= 15 is 0 Å². The summed E-state index contributed by atoms with van der Waals surface area (Å²) in [6.45, 7) is 2.27. The van der Waals surface area contributed by atoms with E-state index in [-0.39, 0.29) is 11.2 Å². The molecule has 5 nitrogen and oxygen atoms in total. The average Bonchev–Trinajstić information content (AvgIpc) is 3.34. The second-order valence-electron chi connectivity index (χ2n) is 6.11. The summed E-state index contributed by atoms with van der Waals surface area (Å²) in [5.41, 5.74) is 2.96. The lowest BCUT2D eigenvalue weighted by atomic mass is 10.3. The minimum Gasteiger partial charge on any atom is -0.467 e.